The lowest BCUT2D eigenvalue weighted by atomic mass is 10.2. The molecule has 0 unspecified atom stereocenters. The summed E-state index contributed by atoms with van der Waals surface area (Å²) >= 11 is 0. The molecule has 0 amide bonds. The number of oxazole rings is 1. The predicted molar refractivity (Wildman–Crippen MR) is 63.0 cm³/mol. The highest BCUT2D eigenvalue weighted by molar-refractivity contribution is 4.92. The van der Waals surface area contributed by atoms with Crippen LogP contribution in [0, 0.1) is 5.92 Å². The van der Waals surface area contributed by atoms with Crippen LogP contribution in [0.3, 0.4) is 0 Å². The van der Waals surface area contributed by atoms with Crippen LogP contribution in [-0.4, -0.2) is 17.6 Å². The van der Waals surface area contributed by atoms with Crippen molar-refractivity contribution in [2.75, 3.05) is 6.54 Å². The first-order chi connectivity index (χ1) is 7.58. The molecule has 0 aromatic carbocycles. The van der Waals surface area contributed by atoms with Gasteiger partial charge in [0.2, 0.25) is 5.89 Å². The van der Waals surface area contributed by atoms with Crippen molar-refractivity contribution in [2.24, 2.45) is 5.92 Å². The van der Waals surface area contributed by atoms with Crippen molar-refractivity contribution in [1.82, 2.24) is 10.3 Å². The van der Waals surface area contributed by atoms with Crippen LogP contribution in [0.25, 0.3) is 0 Å². The third-order valence-electron chi connectivity index (χ3n) is 1.99. The summed E-state index contributed by atoms with van der Waals surface area (Å²) in [5, 5.41) is 3.28. The van der Waals surface area contributed by atoms with Crippen molar-refractivity contribution in [2.45, 2.75) is 47.0 Å². The van der Waals surface area contributed by atoms with Crippen molar-refractivity contribution in [3.63, 3.8) is 0 Å². The Hall–Kier alpha value is -0.870. The van der Waals surface area contributed by atoms with E-state index in [9.17, 15) is 0 Å². The van der Waals surface area contributed by atoms with E-state index in [0.717, 1.165) is 18.2 Å². The smallest absolute Gasteiger partial charge is 0.208 e. The molecule has 1 aromatic heterocycles. The molecule has 0 saturated heterocycles. The standard InChI is InChI=1S/C12H22N2O2/c1-9(2)5-13-7-12-14-6-11(16-12)8-15-10(3)4/h6,9-10,13H,5,7-8H2,1-4H3. The van der Waals surface area contributed by atoms with E-state index >= 15 is 0 Å². The minimum atomic E-state index is 0.215. The molecule has 0 saturated carbocycles. The summed E-state index contributed by atoms with van der Waals surface area (Å²) in [4.78, 5) is 4.18. The van der Waals surface area contributed by atoms with Gasteiger partial charge in [-0.2, -0.15) is 0 Å². The fourth-order valence-electron chi connectivity index (χ4n) is 1.21. The summed E-state index contributed by atoms with van der Waals surface area (Å²) in [7, 11) is 0. The van der Waals surface area contributed by atoms with E-state index in [4.69, 9.17) is 9.15 Å². The topological polar surface area (TPSA) is 47.3 Å². The van der Waals surface area contributed by atoms with Crippen molar-refractivity contribution in [3.8, 4) is 0 Å². The minimum absolute atomic E-state index is 0.215. The highest BCUT2D eigenvalue weighted by Crippen LogP contribution is 2.06. The molecule has 1 heterocycles. The molecule has 1 aromatic rings. The summed E-state index contributed by atoms with van der Waals surface area (Å²) in [6.07, 6.45) is 1.95. The van der Waals surface area contributed by atoms with Gasteiger partial charge in [-0.25, -0.2) is 4.98 Å². The molecule has 0 aliphatic rings. The number of hydrogen-bond donors (Lipinski definition) is 1. The zero-order valence-electron chi connectivity index (χ0n) is 10.6. The second-order valence-corrected chi connectivity index (χ2v) is 4.60. The maximum atomic E-state index is 5.52. The second-order valence-electron chi connectivity index (χ2n) is 4.60. The zero-order valence-corrected chi connectivity index (χ0v) is 10.6. The monoisotopic (exact) mass is 226 g/mol. The number of hydrogen-bond acceptors (Lipinski definition) is 4. The zero-order chi connectivity index (χ0) is 12.0. The van der Waals surface area contributed by atoms with Gasteiger partial charge < -0.3 is 14.5 Å². The average molecular weight is 226 g/mol. The third kappa shape index (κ3) is 5.28. The van der Waals surface area contributed by atoms with Crippen molar-refractivity contribution < 1.29 is 9.15 Å². The van der Waals surface area contributed by atoms with Crippen LogP contribution in [0.4, 0.5) is 0 Å². The van der Waals surface area contributed by atoms with Crippen LogP contribution < -0.4 is 5.32 Å². The quantitative estimate of drug-likeness (QED) is 0.775. The summed E-state index contributed by atoms with van der Waals surface area (Å²) < 4.78 is 10.9. The predicted octanol–water partition coefficient (Wildman–Crippen LogP) is 2.35. The van der Waals surface area contributed by atoms with Crippen LogP contribution in [0.15, 0.2) is 10.6 Å². The first-order valence-electron chi connectivity index (χ1n) is 5.83. The molecule has 0 spiro atoms. The first-order valence-corrected chi connectivity index (χ1v) is 5.83. The molecule has 0 bridgehead atoms. The van der Waals surface area contributed by atoms with E-state index < -0.39 is 0 Å². The lowest BCUT2D eigenvalue weighted by Gasteiger charge is -2.05. The average Bonchev–Trinajstić information content (AvgIpc) is 2.62. The van der Waals surface area contributed by atoms with Gasteiger partial charge in [0.15, 0.2) is 0 Å². The molecule has 0 aliphatic heterocycles. The van der Waals surface area contributed by atoms with Gasteiger partial charge in [0.1, 0.15) is 12.4 Å². The second kappa shape index (κ2) is 6.66. The third-order valence-corrected chi connectivity index (χ3v) is 1.99. The number of nitrogens with zero attached hydrogens (tertiary/aromatic N) is 1. The van der Waals surface area contributed by atoms with Crippen LogP contribution in [0.2, 0.25) is 0 Å². The van der Waals surface area contributed by atoms with E-state index in [-0.39, 0.29) is 6.10 Å². The molecular formula is C12H22N2O2. The Kier molecular flexibility index (Phi) is 5.49. The molecule has 4 nitrogen and oxygen atoms in total. The summed E-state index contributed by atoms with van der Waals surface area (Å²) in [5.41, 5.74) is 0. The molecule has 16 heavy (non-hydrogen) atoms. The van der Waals surface area contributed by atoms with Crippen molar-refractivity contribution in [1.29, 1.82) is 0 Å². The van der Waals surface area contributed by atoms with Gasteiger partial charge in [0, 0.05) is 0 Å². The molecule has 0 radical (unpaired) electrons. The van der Waals surface area contributed by atoms with Crippen LogP contribution in [0.1, 0.15) is 39.3 Å². The van der Waals surface area contributed by atoms with Crippen molar-refractivity contribution in [3.05, 3.63) is 17.8 Å². The van der Waals surface area contributed by atoms with E-state index in [1.165, 1.54) is 0 Å². The normalized spacial score (nSPS) is 11.6. The fraction of sp³-hybridized carbons (Fsp3) is 0.750. The maximum Gasteiger partial charge on any atom is 0.208 e. The number of ether oxygens (including phenoxy) is 1. The Morgan fingerprint density at radius 1 is 1.38 bits per heavy atom. The van der Waals surface area contributed by atoms with Gasteiger partial charge in [-0.1, -0.05) is 13.8 Å². The van der Waals surface area contributed by atoms with Crippen LogP contribution in [-0.2, 0) is 17.9 Å². The Balaban J connectivity index is 2.28. The van der Waals surface area contributed by atoms with Gasteiger partial charge in [-0.15, -0.1) is 0 Å². The van der Waals surface area contributed by atoms with E-state index in [1.54, 1.807) is 6.20 Å². The number of aromatic nitrogens is 1. The molecule has 0 aliphatic carbocycles. The van der Waals surface area contributed by atoms with Gasteiger partial charge >= 0.3 is 0 Å². The summed E-state index contributed by atoms with van der Waals surface area (Å²) in [6, 6.07) is 0. The summed E-state index contributed by atoms with van der Waals surface area (Å²) in [5.74, 6) is 2.15. The van der Waals surface area contributed by atoms with E-state index in [2.05, 4.69) is 24.1 Å². The Bertz CT molecular complexity index is 295. The van der Waals surface area contributed by atoms with Gasteiger partial charge in [0.25, 0.3) is 0 Å². The van der Waals surface area contributed by atoms with Crippen LogP contribution >= 0.6 is 0 Å². The molecular weight excluding hydrogens is 204 g/mol. The Morgan fingerprint density at radius 3 is 2.75 bits per heavy atom. The highest BCUT2D eigenvalue weighted by Gasteiger charge is 2.05. The highest BCUT2D eigenvalue weighted by atomic mass is 16.5. The maximum absolute atomic E-state index is 5.52. The van der Waals surface area contributed by atoms with Gasteiger partial charge in [-0.05, 0) is 26.3 Å². The van der Waals surface area contributed by atoms with E-state index in [0.29, 0.717) is 19.1 Å². The molecule has 1 N–H and O–H groups in total. The molecule has 1 rings (SSSR count). The van der Waals surface area contributed by atoms with Crippen LogP contribution in [0.5, 0.6) is 0 Å². The number of nitrogens with one attached hydrogen (secondary N) is 1. The van der Waals surface area contributed by atoms with Gasteiger partial charge in [0.05, 0.1) is 18.8 Å². The molecule has 4 heteroatoms. The van der Waals surface area contributed by atoms with E-state index in [1.807, 2.05) is 13.8 Å². The lowest BCUT2D eigenvalue weighted by molar-refractivity contribution is 0.0538. The Morgan fingerprint density at radius 2 is 2.12 bits per heavy atom. The Labute approximate surface area is 97.4 Å². The molecule has 0 fully saturated rings. The SMILES string of the molecule is CC(C)CNCc1ncc(COC(C)C)o1. The number of rotatable bonds is 7. The first kappa shape index (κ1) is 13.2. The lowest BCUT2D eigenvalue weighted by Crippen LogP contribution is -2.19. The van der Waals surface area contributed by atoms with Gasteiger partial charge in [-0.3, -0.25) is 0 Å². The van der Waals surface area contributed by atoms with Crippen molar-refractivity contribution >= 4 is 0 Å². The fourth-order valence-corrected chi connectivity index (χ4v) is 1.21. The largest absolute Gasteiger partial charge is 0.442 e. The minimum Gasteiger partial charge on any atom is -0.442 e. The molecule has 92 valence electrons. The summed E-state index contributed by atoms with van der Waals surface area (Å²) in [6.45, 7) is 10.5. The molecule has 0 atom stereocenters.